The zero-order chi connectivity index (χ0) is 14.4. The van der Waals surface area contributed by atoms with Crippen molar-refractivity contribution in [1.29, 1.82) is 0 Å². The number of aromatic nitrogens is 2. The maximum atomic E-state index is 13.8. The van der Waals surface area contributed by atoms with Crippen LogP contribution in [0.25, 0.3) is 0 Å². The molecule has 1 heterocycles. The van der Waals surface area contributed by atoms with Gasteiger partial charge in [0.25, 0.3) is 0 Å². The van der Waals surface area contributed by atoms with E-state index in [4.69, 9.17) is 9.26 Å². The average molecular weight is 279 g/mol. The highest BCUT2D eigenvalue weighted by atomic mass is 19.1. The van der Waals surface area contributed by atoms with Gasteiger partial charge in [0.2, 0.25) is 11.7 Å². The number of rotatable bonds is 7. The third-order valence-corrected chi connectivity index (χ3v) is 2.74. The van der Waals surface area contributed by atoms with Crippen LogP contribution in [-0.4, -0.2) is 17.2 Å². The lowest BCUT2D eigenvalue weighted by molar-refractivity contribution is 0.269. The van der Waals surface area contributed by atoms with Gasteiger partial charge in [0.15, 0.2) is 18.2 Å². The van der Waals surface area contributed by atoms with Crippen LogP contribution in [0.15, 0.2) is 22.7 Å². The summed E-state index contributed by atoms with van der Waals surface area (Å²) in [7, 11) is 1.80. The second-order valence-electron chi connectivity index (χ2n) is 4.40. The number of ether oxygens (including phenoxy) is 1. The van der Waals surface area contributed by atoms with Gasteiger partial charge in [0.1, 0.15) is 0 Å². The van der Waals surface area contributed by atoms with Crippen LogP contribution in [0.4, 0.5) is 4.39 Å². The molecule has 0 atom stereocenters. The molecule has 0 saturated carbocycles. The normalized spacial score (nSPS) is 10.8. The number of nitrogens with zero attached hydrogens (tertiary/aromatic N) is 2. The summed E-state index contributed by atoms with van der Waals surface area (Å²) in [4.78, 5) is 4.18. The average Bonchev–Trinajstić information content (AvgIpc) is 2.87. The fourth-order valence-corrected chi connectivity index (χ4v) is 1.85. The standard InChI is InChI=1S/C14H18FN3O2/c1-3-5-13-17-12(18-20-13)9-19-14-10(8-16-2)6-4-7-11(14)15/h4,6-7,16H,3,5,8-9H2,1-2H3. The minimum atomic E-state index is -0.393. The van der Waals surface area contributed by atoms with Crippen molar-refractivity contribution in [2.24, 2.45) is 0 Å². The molecule has 0 bridgehead atoms. The van der Waals surface area contributed by atoms with E-state index in [0.717, 1.165) is 18.4 Å². The molecule has 2 aromatic rings. The molecule has 0 aliphatic rings. The van der Waals surface area contributed by atoms with Gasteiger partial charge in [-0.05, 0) is 19.5 Å². The second-order valence-corrected chi connectivity index (χ2v) is 4.40. The van der Waals surface area contributed by atoms with Crippen LogP contribution in [0.1, 0.15) is 30.6 Å². The molecule has 0 fully saturated rings. The van der Waals surface area contributed by atoms with Gasteiger partial charge < -0.3 is 14.6 Å². The van der Waals surface area contributed by atoms with Crippen LogP contribution < -0.4 is 10.1 Å². The Bertz CT molecular complexity index is 557. The van der Waals surface area contributed by atoms with E-state index in [1.54, 1.807) is 13.1 Å². The molecule has 0 unspecified atom stereocenters. The highest BCUT2D eigenvalue weighted by Gasteiger charge is 2.12. The molecule has 0 aliphatic carbocycles. The van der Waals surface area contributed by atoms with E-state index in [-0.39, 0.29) is 12.4 Å². The van der Waals surface area contributed by atoms with Crippen molar-refractivity contribution < 1.29 is 13.7 Å². The zero-order valence-electron chi connectivity index (χ0n) is 11.6. The van der Waals surface area contributed by atoms with Gasteiger partial charge >= 0.3 is 0 Å². The summed E-state index contributed by atoms with van der Waals surface area (Å²) in [5.74, 6) is 0.834. The lowest BCUT2D eigenvalue weighted by Crippen LogP contribution is -2.09. The first-order valence-electron chi connectivity index (χ1n) is 6.60. The number of para-hydroxylation sites is 1. The molecule has 6 heteroatoms. The van der Waals surface area contributed by atoms with Gasteiger partial charge in [-0.1, -0.05) is 24.2 Å². The molecule has 1 N–H and O–H groups in total. The molecule has 1 aromatic carbocycles. The predicted octanol–water partition coefficient (Wildman–Crippen LogP) is 2.46. The van der Waals surface area contributed by atoms with Gasteiger partial charge in [0.05, 0.1) is 0 Å². The molecule has 20 heavy (non-hydrogen) atoms. The molecule has 0 amide bonds. The third-order valence-electron chi connectivity index (χ3n) is 2.74. The second kappa shape index (κ2) is 7.00. The van der Waals surface area contributed by atoms with Crippen LogP contribution in [0.2, 0.25) is 0 Å². The van der Waals surface area contributed by atoms with E-state index in [1.165, 1.54) is 6.07 Å². The largest absolute Gasteiger partial charge is 0.482 e. The molecule has 0 aliphatic heterocycles. The quantitative estimate of drug-likeness (QED) is 0.843. The van der Waals surface area contributed by atoms with Gasteiger partial charge in [0, 0.05) is 18.5 Å². The molecular formula is C14H18FN3O2. The lowest BCUT2D eigenvalue weighted by Gasteiger charge is -2.10. The van der Waals surface area contributed by atoms with E-state index < -0.39 is 5.82 Å². The topological polar surface area (TPSA) is 60.2 Å². The van der Waals surface area contributed by atoms with E-state index >= 15 is 0 Å². The number of hydrogen-bond donors (Lipinski definition) is 1. The van der Waals surface area contributed by atoms with Gasteiger partial charge in [-0.15, -0.1) is 0 Å². The summed E-state index contributed by atoms with van der Waals surface area (Å²) in [5.41, 5.74) is 0.754. The summed E-state index contributed by atoms with van der Waals surface area (Å²) in [6, 6.07) is 4.84. The molecule has 0 radical (unpaired) electrons. The molecule has 5 nitrogen and oxygen atoms in total. The van der Waals surface area contributed by atoms with Crippen LogP contribution in [-0.2, 0) is 19.6 Å². The molecule has 1 aromatic heterocycles. The monoisotopic (exact) mass is 279 g/mol. The predicted molar refractivity (Wildman–Crippen MR) is 71.8 cm³/mol. The molecule has 0 spiro atoms. The summed E-state index contributed by atoms with van der Waals surface area (Å²) < 4.78 is 24.3. The highest BCUT2D eigenvalue weighted by molar-refractivity contribution is 5.34. The Morgan fingerprint density at radius 3 is 3.00 bits per heavy atom. The van der Waals surface area contributed by atoms with Crippen molar-refractivity contribution >= 4 is 0 Å². The maximum absolute atomic E-state index is 13.8. The lowest BCUT2D eigenvalue weighted by atomic mass is 10.2. The number of hydrogen-bond acceptors (Lipinski definition) is 5. The first-order valence-corrected chi connectivity index (χ1v) is 6.60. The van der Waals surface area contributed by atoms with Crippen molar-refractivity contribution in [2.45, 2.75) is 32.9 Å². The molecular weight excluding hydrogens is 261 g/mol. The van der Waals surface area contributed by atoms with Crippen molar-refractivity contribution in [2.75, 3.05) is 7.05 Å². The zero-order valence-corrected chi connectivity index (χ0v) is 11.6. The third kappa shape index (κ3) is 3.54. The van der Waals surface area contributed by atoms with Gasteiger partial charge in [-0.2, -0.15) is 4.98 Å². The molecule has 0 saturated heterocycles. The van der Waals surface area contributed by atoms with E-state index in [0.29, 0.717) is 18.3 Å². The minimum Gasteiger partial charge on any atom is -0.482 e. The van der Waals surface area contributed by atoms with Crippen molar-refractivity contribution in [1.82, 2.24) is 15.5 Å². The van der Waals surface area contributed by atoms with Crippen LogP contribution in [0.5, 0.6) is 5.75 Å². The summed E-state index contributed by atoms with van der Waals surface area (Å²) in [6.45, 7) is 2.65. The SMILES string of the molecule is CCCc1nc(COc2c(F)cccc2CNC)no1. The first-order chi connectivity index (χ1) is 9.74. The van der Waals surface area contributed by atoms with Crippen LogP contribution in [0, 0.1) is 5.82 Å². The highest BCUT2D eigenvalue weighted by Crippen LogP contribution is 2.23. The Kier molecular flexibility index (Phi) is 5.06. The number of aryl methyl sites for hydroxylation is 1. The fourth-order valence-electron chi connectivity index (χ4n) is 1.85. The Morgan fingerprint density at radius 2 is 2.25 bits per heavy atom. The van der Waals surface area contributed by atoms with Gasteiger partial charge in [-0.25, -0.2) is 4.39 Å². The fraction of sp³-hybridized carbons (Fsp3) is 0.429. The molecule has 2 rings (SSSR count). The number of halogens is 1. The maximum Gasteiger partial charge on any atom is 0.226 e. The molecule has 108 valence electrons. The van der Waals surface area contributed by atoms with Gasteiger partial charge in [-0.3, -0.25) is 0 Å². The van der Waals surface area contributed by atoms with E-state index in [1.807, 2.05) is 13.0 Å². The van der Waals surface area contributed by atoms with Crippen molar-refractivity contribution in [3.05, 3.63) is 41.3 Å². The van der Waals surface area contributed by atoms with Crippen LogP contribution in [0.3, 0.4) is 0 Å². The summed E-state index contributed by atoms with van der Waals surface area (Å²) >= 11 is 0. The Morgan fingerprint density at radius 1 is 1.40 bits per heavy atom. The smallest absolute Gasteiger partial charge is 0.226 e. The first kappa shape index (κ1) is 14.5. The number of nitrogens with one attached hydrogen (secondary N) is 1. The van der Waals surface area contributed by atoms with Crippen molar-refractivity contribution in [3.8, 4) is 5.75 Å². The Balaban J connectivity index is 2.05. The number of benzene rings is 1. The Labute approximate surface area is 117 Å². The van der Waals surface area contributed by atoms with E-state index in [2.05, 4.69) is 15.5 Å². The summed E-state index contributed by atoms with van der Waals surface area (Å²) in [5, 5.41) is 6.78. The van der Waals surface area contributed by atoms with Crippen molar-refractivity contribution in [3.63, 3.8) is 0 Å². The Hall–Kier alpha value is -1.95. The minimum absolute atomic E-state index is 0.0882. The van der Waals surface area contributed by atoms with Crippen LogP contribution >= 0.6 is 0 Å². The van der Waals surface area contributed by atoms with E-state index in [9.17, 15) is 4.39 Å². The summed E-state index contributed by atoms with van der Waals surface area (Å²) in [6.07, 6.45) is 1.67.